The highest BCUT2D eigenvalue weighted by atomic mass is 16.1. The number of fused-ring (bicyclic) bond motifs is 1. The van der Waals surface area contributed by atoms with Gasteiger partial charge in [0.15, 0.2) is 0 Å². The second-order valence-electron chi connectivity index (χ2n) is 7.04. The second kappa shape index (κ2) is 6.75. The van der Waals surface area contributed by atoms with Crippen molar-refractivity contribution in [2.45, 2.75) is 37.6 Å². The molecule has 1 aromatic carbocycles. The van der Waals surface area contributed by atoms with Crippen molar-refractivity contribution in [2.24, 2.45) is 5.73 Å². The molecule has 0 radical (unpaired) electrons. The topological polar surface area (TPSA) is 73.8 Å². The van der Waals surface area contributed by atoms with Crippen molar-refractivity contribution >= 4 is 5.91 Å². The van der Waals surface area contributed by atoms with Crippen LogP contribution >= 0.6 is 0 Å². The van der Waals surface area contributed by atoms with Crippen LogP contribution in [0.25, 0.3) is 0 Å². The van der Waals surface area contributed by atoms with Crippen molar-refractivity contribution < 1.29 is 4.79 Å². The van der Waals surface area contributed by atoms with Gasteiger partial charge in [-0.05, 0) is 54.0 Å². The minimum absolute atomic E-state index is 0.246. The summed E-state index contributed by atoms with van der Waals surface area (Å²) in [5, 5.41) is 4.46. The maximum Gasteiger partial charge on any atom is 0.228 e. The fraction of sp³-hybridized carbons (Fsp3) is 0.286. The summed E-state index contributed by atoms with van der Waals surface area (Å²) < 4.78 is 1.88. The largest absolute Gasteiger partial charge is 0.369 e. The molecule has 26 heavy (non-hydrogen) atoms. The lowest BCUT2D eigenvalue weighted by Gasteiger charge is -2.36. The molecule has 5 nitrogen and oxygen atoms in total. The molecular formula is C21H22N4O. The van der Waals surface area contributed by atoms with Crippen molar-refractivity contribution in [1.29, 1.82) is 0 Å². The summed E-state index contributed by atoms with van der Waals surface area (Å²) >= 11 is 0. The fourth-order valence-corrected chi connectivity index (χ4v) is 4.06. The number of primary amides is 1. The number of carbonyl (C=O) groups excluding carboxylic acids is 1. The lowest BCUT2D eigenvalue weighted by molar-refractivity contribution is -0.124. The van der Waals surface area contributed by atoms with E-state index in [4.69, 9.17) is 5.73 Å². The SMILES string of the molecule is NC(=O)C1(Cc2cnn(Cc3cccnc3)c2)CCCc2ccccc21. The van der Waals surface area contributed by atoms with Crippen LogP contribution in [0.15, 0.2) is 61.2 Å². The third kappa shape index (κ3) is 3.01. The zero-order valence-corrected chi connectivity index (χ0v) is 14.6. The van der Waals surface area contributed by atoms with Crippen LogP contribution in [0.2, 0.25) is 0 Å². The van der Waals surface area contributed by atoms with Crippen molar-refractivity contribution in [3.8, 4) is 0 Å². The average Bonchev–Trinajstić information content (AvgIpc) is 3.09. The zero-order valence-electron chi connectivity index (χ0n) is 14.6. The fourth-order valence-electron chi connectivity index (χ4n) is 4.06. The maximum absolute atomic E-state index is 12.5. The Morgan fingerprint density at radius 3 is 2.85 bits per heavy atom. The monoisotopic (exact) mass is 346 g/mol. The van der Waals surface area contributed by atoms with Crippen LogP contribution in [0.4, 0.5) is 0 Å². The number of rotatable bonds is 5. The number of amides is 1. The average molecular weight is 346 g/mol. The van der Waals surface area contributed by atoms with E-state index < -0.39 is 5.41 Å². The molecule has 1 amide bonds. The number of nitrogens with zero attached hydrogens (tertiary/aromatic N) is 3. The zero-order chi connectivity index (χ0) is 18.0. The molecule has 2 heterocycles. The van der Waals surface area contributed by atoms with Gasteiger partial charge in [0, 0.05) is 18.6 Å². The second-order valence-corrected chi connectivity index (χ2v) is 7.04. The Bertz CT molecular complexity index is 919. The molecule has 4 rings (SSSR count). The molecule has 0 fully saturated rings. The highest BCUT2D eigenvalue weighted by Gasteiger charge is 2.42. The minimum atomic E-state index is -0.642. The number of benzene rings is 1. The van der Waals surface area contributed by atoms with Gasteiger partial charge in [0.2, 0.25) is 5.91 Å². The van der Waals surface area contributed by atoms with Gasteiger partial charge in [-0.25, -0.2) is 0 Å². The summed E-state index contributed by atoms with van der Waals surface area (Å²) in [4.78, 5) is 16.7. The van der Waals surface area contributed by atoms with Gasteiger partial charge in [-0.1, -0.05) is 30.3 Å². The molecule has 0 aliphatic heterocycles. The standard InChI is InChI=1S/C21H22N4O/c22-20(26)21(9-3-7-18-6-1-2-8-19(18)21)11-17-13-24-25(15-17)14-16-5-4-10-23-12-16/h1-2,4-6,8,10,12-13,15H,3,7,9,11,14H2,(H2,22,26). The molecule has 0 saturated heterocycles. The van der Waals surface area contributed by atoms with Crippen LogP contribution in [0.3, 0.4) is 0 Å². The number of carbonyl (C=O) groups is 1. The molecule has 0 saturated carbocycles. The van der Waals surface area contributed by atoms with Crippen molar-refractivity contribution in [3.63, 3.8) is 0 Å². The van der Waals surface area contributed by atoms with Gasteiger partial charge in [0.1, 0.15) is 0 Å². The predicted molar refractivity (Wildman–Crippen MR) is 99.5 cm³/mol. The first-order valence-electron chi connectivity index (χ1n) is 8.96. The van der Waals surface area contributed by atoms with Crippen LogP contribution in [0.1, 0.15) is 35.1 Å². The Hall–Kier alpha value is -2.95. The summed E-state index contributed by atoms with van der Waals surface area (Å²) in [7, 11) is 0. The van der Waals surface area contributed by atoms with E-state index >= 15 is 0 Å². The van der Waals surface area contributed by atoms with Crippen LogP contribution < -0.4 is 5.73 Å². The molecule has 2 aromatic heterocycles. The van der Waals surface area contributed by atoms with Crippen molar-refractivity contribution in [2.75, 3.05) is 0 Å². The highest BCUT2D eigenvalue weighted by Crippen LogP contribution is 2.39. The molecule has 3 aromatic rings. The molecule has 1 atom stereocenters. The molecule has 0 spiro atoms. The number of aromatic nitrogens is 3. The summed E-state index contributed by atoms with van der Waals surface area (Å²) in [5.74, 6) is -0.246. The van der Waals surface area contributed by atoms with E-state index in [-0.39, 0.29) is 5.91 Å². The Balaban J connectivity index is 1.62. The predicted octanol–water partition coefficient (Wildman–Crippen LogP) is 2.63. The lowest BCUT2D eigenvalue weighted by Crippen LogP contribution is -2.45. The highest BCUT2D eigenvalue weighted by molar-refractivity contribution is 5.88. The summed E-state index contributed by atoms with van der Waals surface area (Å²) in [6.45, 7) is 0.661. The molecule has 2 N–H and O–H groups in total. The first-order valence-corrected chi connectivity index (χ1v) is 8.96. The van der Waals surface area contributed by atoms with E-state index in [1.54, 1.807) is 6.20 Å². The van der Waals surface area contributed by atoms with Gasteiger partial charge < -0.3 is 5.73 Å². The van der Waals surface area contributed by atoms with E-state index in [0.717, 1.165) is 36.0 Å². The number of hydrogen-bond donors (Lipinski definition) is 1. The first kappa shape index (κ1) is 16.5. The first-order chi connectivity index (χ1) is 12.7. The van der Waals surface area contributed by atoms with E-state index in [1.165, 1.54) is 5.56 Å². The van der Waals surface area contributed by atoms with E-state index in [1.807, 2.05) is 47.5 Å². The quantitative estimate of drug-likeness (QED) is 0.772. The Kier molecular flexibility index (Phi) is 4.29. The van der Waals surface area contributed by atoms with Gasteiger partial charge in [-0.2, -0.15) is 5.10 Å². The van der Waals surface area contributed by atoms with Gasteiger partial charge in [-0.15, -0.1) is 0 Å². The molecule has 1 aliphatic carbocycles. The van der Waals surface area contributed by atoms with Gasteiger partial charge in [-0.3, -0.25) is 14.5 Å². The van der Waals surface area contributed by atoms with Crippen molar-refractivity contribution in [1.82, 2.24) is 14.8 Å². The summed E-state index contributed by atoms with van der Waals surface area (Å²) in [6, 6.07) is 12.1. The maximum atomic E-state index is 12.5. The Morgan fingerprint density at radius 1 is 1.15 bits per heavy atom. The van der Waals surface area contributed by atoms with E-state index in [2.05, 4.69) is 22.2 Å². The van der Waals surface area contributed by atoms with Gasteiger partial charge in [0.25, 0.3) is 0 Å². The van der Waals surface area contributed by atoms with E-state index in [0.29, 0.717) is 13.0 Å². The smallest absolute Gasteiger partial charge is 0.228 e. The molecule has 1 unspecified atom stereocenters. The summed E-state index contributed by atoms with van der Waals surface area (Å²) in [6.07, 6.45) is 10.8. The molecule has 5 heteroatoms. The third-order valence-electron chi connectivity index (χ3n) is 5.31. The normalized spacial score (nSPS) is 19.1. The molecule has 132 valence electrons. The van der Waals surface area contributed by atoms with Crippen molar-refractivity contribution in [3.05, 3.63) is 83.4 Å². The van der Waals surface area contributed by atoms with Crippen LogP contribution in [-0.4, -0.2) is 20.7 Å². The van der Waals surface area contributed by atoms with Gasteiger partial charge >= 0.3 is 0 Å². The van der Waals surface area contributed by atoms with Crippen LogP contribution in [-0.2, 0) is 29.6 Å². The van der Waals surface area contributed by atoms with E-state index in [9.17, 15) is 4.79 Å². The van der Waals surface area contributed by atoms with Crippen LogP contribution in [0, 0.1) is 0 Å². The molecule has 0 bridgehead atoms. The van der Waals surface area contributed by atoms with Gasteiger partial charge in [0.05, 0.1) is 18.2 Å². The molecule has 1 aliphatic rings. The van der Waals surface area contributed by atoms with Crippen LogP contribution in [0.5, 0.6) is 0 Å². The lowest BCUT2D eigenvalue weighted by atomic mass is 9.66. The number of aryl methyl sites for hydroxylation is 1. The number of pyridine rings is 1. The minimum Gasteiger partial charge on any atom is -0.369 e. The summed E-state index contributed by atoms with van der Waals surface area (Å²) in [5.41, 5.74) is 9.72. The number of hydrogen-bond acceptors (Lipinski definition) is 3. The Morgan fingerprint density at radius 2 is 2.04 bits per heavy atom. The molecular weight excluding hydrogens is 324 g/mol. The third-order valence-corrected chi connectivity index (χ3v) is 5.31. The number of nitrogens with two attached hydrogens (primary N) is 1. The Labute approximate surface area is 152 Å².